The Bertz CT molecular complexity index is 980. The molecule has 0 unspecified atom stereocenters. The molecule has 0 aliphatic heterocycles. The van der Waals surface area contributed by atoms with Gasteiger partial charge in [0, 0.05) is 19.2 Å². The van der Waals surface area contributed by atoms with E-state index < -0.39 is 0 Å². The van der Waals surface area contributed by atoms with Gasteiger partial charge in [0.2, 0.25) is 11.9 Å². The maximum absolute atomic E-state index is 13.0. The van der Waals surface area contributed by atoms with Crippen LogP contribution >= 0.6 is 0 Å². The summed E-state index contributed by atoms with van der Waals surface area (Å²) < 4.78 is 14.9. The summed E-state index contributed by atoms with van der Waals surface area (Å²) in [6, 6.07) is 11.1. The SMILES string of the molecule is CCCn1c(NC(=O)Cc2ccc(F)cc2)nc2ccc(C(=O)NC)cc21. The van der Waals surface area contributed by atoms with Crippen LogP contribution in [0.25, 0.3) is 11.0 Å². The van der Waals surface area contributed by atoms with Crippen LogP contribution in [-0.4, -0.2) is 28.4 Å². The van der Waals surface area contributed by atoms with Crippen molar-refractivity contribution in [1.29, 1.82) is 0 Å². The highest BCUT2D eigenvalue weighted by atomic mass is 19.1. The Morgan fingerprint density at radius 2 is 1.89 bits per heavy atom. The average Bonchev–Trinajstić information content (AvgIpc) is 2.99. The van der Waals surface area contributed by atoms with E-state index in [1.54, 1.807) is 37.4 Å². The van der Waals surface area contributed by atoms with Crippen LogP contribution in [0, 0.1) is 5.82 Å². The number of hydrogen-bond donors (Lipinski definition) is 2. The number of anilines is 1. The molecule has 0 bridgehead atoms. The van der Waals surface area contributed by atoms with Crippen LogP contribution in [0.2, 0.25) is 0 Å². The van der Waals surface area contributed by atoms with E-state index in [4.69, 9.17) is 0 Å². The van der Waals surface area contributed by atoms with Crippen molar-refractivity contribution in [2.24, 2.45) is 0 Å². The molecule has 3 aromatic rings. The number of hydrogen-bond acceptors (Lipinski definition) is 3. The molecule has 27 heavy (non-hydrogen) atoms. The molecule has 0 atom stereocenters. The number of nitrogens with one attached hydrogen (secondary N) is 2. The smallest absolute Gasteiger partial charge is 0.251 e. The van der Waals surface area contributed by atoms with Crippen molar-refractivity contribution in [3.63, 3.8) is 0 Å². The number of aromatic nitrogens is 2. The minimum Gasteiger partial charge on any atom is -0.355 e. The Kier molecular flexibility index (Phi) is 5.49. The lowest BCUT2D eigenvalue weighted by atomic mass is 10.1. The highest BCUT2D eigenvalue weighted by Gasteiger charge is 2.15. The van der Waals surface area contributed by atoms with E-state index in [1.807, 2.05) is 11.5 Å². The number of amides is 2. The average molecular weight is 368 g/mol. The van der Waals surface area contributed by atoms with Gasteiger partial charge in [-0.25, -0.2) is 9.37 Å². The number of benzene rings is 2. The van der Waals surface area contributed by atoms with Crippen LogP contribution in [0.4, 0.5) is 10.3 Å². The molecule has 140 valence electrons. The zero-order valence-corrected chi connectivity index (χ0v) is 15.3. The van der Waals surface area contributed by atoms with Gasteiger partial charge in [-0.3, -0.25) is 14.9 Å². The molecule has 0 spiro atoms. The van der Waals surface area contributed by atoms with Crippen LogP contribution in [0.5, 0.6) is 0 Å². The molecule has 0 fully saturated rings. The van der Waals surface area contributed by atoms with E-state index >= 15 is 0 Å². The molecule has 0 radical (unpaired) electrons. The van der Waals surface area contributed by atoms with Crippen molar-refractivity contribution in [2.45, 2.75) is 26.3 Å². The number of rotatable bonds is 6. The van der Waals surface area contributed by atoms with Crippen molar-refractivity contribution < 1.29 is 14.0 Å². The first-order valence-corrected chi connectivity index (χ1v) is 8.78. The van der Waals surface area contributed by atoms with E-state index in [1.165, 1.54) is 12.1 Å². The van der Waals surface area contributed by atoms with Crippen LogP contribution < -0.4 is 10.6 Å². The summed E-state index contributed by atoms with van der Waals surface area (Å²) in [6.45, 7) is 2.68. The molecule has 0 aliphatic carbocycles. The maximum Gasteiger partial charge on any atom is 0.251 e. The van der Waals surface area contributed by atoms with E-state index in [9.17, 15) is 14.0 Å². The summed E-state index contributed by atoms with van der Waals surface area (Å²) in [5, 5.41) is 5.43. The van der Waals surface area contributed by atoms with E-state index in [0.29, 0.717) is 29.1 Å². The van der Waals surface area contributed by atoms with Crippen molar-refractivity contribution in [1.82, 2.24) is 14.9 Å². The standard InChI is InChI=1S/C20H21FN4O2/c1-3-10-25-17-12-14(19(27)22-2)6-9-16(17)23-20(25)24-18(26)11-13-4-7-15(21)8-5-13/h4-9,12H,3,10-11H2,1-2H3,(H,22,27)(H,23,24,26). The zero-order chi connectivity index (χ0) is 19.4. The number of fused-ring (bicyclic) bond motifs is 1. The third-order valence-electron chi connectivity index (χ3n) is 4.21. The topological polar surface area (TPSA) is 76.0 Å². The van der Waals surface area contributed by atoms with Gasteiger partial charge in [-0.15, -0.1) is 0 Å². The number of nitrogens with zero attached hydrogens (tertiary/aromatic N) is 2. The molecule has 0 aliphatic rings. The lowest BCUT2D eigenvalue weighted by Crippen LogP contribution is -2.18. The summed E-state index contributed by atoms with van der Waals surface area (Å²) in [6.07, 6.45) is 0.968. The zero-order valence-electron chi connectivity index (χ0n) is 15.3. The van der Waals surface area contributed by atoms with E-state index in [-0.39, 0.29) is 24.1 Å². The molecule has 6 nitrogen and oxygen atoms in total. The Morgan fingerprint density at radius 3 is 2.56 bits per heavy atom. The predicted molar refractivity (Wildman–Crippen MR) is 102 cm³/mol. The molecular formula is C20H21FN4O2. The molecule has 7 heteroatoms. The fourth-order valence-corrected chi connectivity index (χ4v) is 2.91. The minimum absolute atomic E-state index is 0.124. The van der Waals surface area contributed by atoms with Gasteiger partial charge in [-0.1, -0.05) is 19.1 Å². The lowest BCUT2D eigenvalue weighted by Gasteiger charge is -2.09. The Balaban J connectivity index is 1.88. The summed E-state index contributed by atoms with van der Waals surface area (Å²) in [4.78, 5) is 28.8. The Hall–Kier alpha value is -3.22. The fourth-order valence-electron chi connectivity index (χ4n) is 2.91. The predicted octanol–water partition coefficient (Wildman–Crippen LogP) is 3.13. The van der Waals surface area contributed by atoms with Crippen molar-refractivity contribution >= 4 is 28.8 Å². The van der Waals surface area contributed by atoms with Gasteiger partial charge in [0.1, 0.15) is 5.82 Å². The van der Waals surface area contributed by atoms with Crippen molar-refractivity contribution in [3.8, 4) is 0 Å². The summed E-state index contributed by atoms with van der Waals surface area (Å²) >= 11 is 0. The minimum atomic E-state index is -0.337. The van der Waals surface area contributed by atoms with Gasteiger partial charge in [0.25, 0.3) is 5.91 Å². The molecule has 3 rings (SSSR count). The first kappa shape index (κ1) is 18.6. The molecule has 1 aromatic heterocycles. The summed E-state index contributed by atoms with van der Waals surface area (Å²) in [5.41, 5.74) is 2.74. The first-order chi connectivity index (χ1) is 13.0. The maximum atomic E-state index is 13.0. The Labute approximate surface area is 156 Å². The molecular weight excluding hydrogens is 347 g/mol. The molecule has 0 saturated heterocycles. The van der Waals surface area contributed by atoms with E-state index in [2.05, 4.69) is 15.6 Å². The second kappa shape index (κ2) is 7.99. The third kappa shape index (κ3) is 4.13. The van der Waals surface area contributed by atoms with Crippen molar-refractivity contribution in [3.05, 3.63) is 59.4 Å². The van der Waals surface area contributed by atoms with Gasteiger partial charge in [-0.2, -0.15) is 0 Å². The van der Waals surface area contributed by atoms with Gasteiger partial charge in [-0.05, 0) is 42.3 Å². The van der Waals surface area contributed by atoms with Crippen LogP contribution in [0.1, 0.15) is 29.3 Å². The molecule has 2 amide bonds. The largest absolute Gasteiger partial charge is 0.355 e. The second-order valence-electron chi connectivity index (χ2n) is 6.22. The third-order valence-corrected chi connectivity index (χ3v) is 4.21. The molecule has 2 N–H and O–H groups in total. The van der Waals surface area contributed by atoms with Crippen LogP contribution in [-0.2, 0) is 17.8 Å². The molecule has 2 aromatic carbocycles. The highest BCUT2D eigenvalue weighted by molar-refractivity contribution is 5.98. The first-order valence-electron chi connectivity index (χ1n) is 8.78. The summed E-state index contributed by atoms with van der Waals surface area (Å²) in [7, 11) is 1.58. The van der Waals surface area contributed by atoms with Crippen LogP contribution in [0.3, 0.4) is 0 Å². The normalized spacial score (nSPS) is 10.8. The second-order valence-corrected chi connectivity index (χ2v) is 6.22. The number of carbonyl (C=O) groups excluding carboxylic acids is 2. The van der Waals surface area contributed by atoms with Gasteiger partial charge < -0.3 is 9.88 Å². The van der Waals surface area contributed by atoms with E-state index in [0.717, 1.165) is 11.9 Å². The highest BCUT2D eigenvalue weighted by Crippen LogP contribution is 2.22. The van der Waals surface area contributed by atoms with Crippen LogP contribution in [0.15, 0.2) is 42.5 Å². The summed E-state index contributed by atoms with van der Waals surface area (Å²) in [5.74, 6) is -0.312. The number of aryl methyl sites for hydroxylation is 1. The van der Waals surface area contributed by atoms with Gasteiger partial charge in [0.15, 0.2) is 0 Å². The van der Waals surface area contributed by atoms with Gasteiger partial charge in [0.05, 0.1) is 17.5 Å². The Morgan fingerprint density at radius 1 is 1.15 bits per heavy atom. The molecule has 1 heterocycles. The number of halogens is 1. The monoisotopic (exact) mass is 368 g/mol. The quantitative estimate of drug-likeness (QED) is 0.702. The molecule has 0 saturated carbocycles. The lowest BCUT2D eigenvalue weighted by molar-refractivity contribution is -0.115. The van der Waals surface area contributed by atoms with Crippen molar-refractivity contribution in [2.75, 3.05) is 12.4 Å². The number of imidazole rings is 1. The number of carbonyl (C=O) groups is 2. The fraction of sp³-hybridized carbons (Fsp3) is 0.250. The van der Waals surface area contributed by atoms with Gasteiger partial charge >= 0.3 is 0 Å².